The number of ether oxygens (including phenoxy) is 1. The zero-order valence-corrected chi connectivity index (χ0v) is 15.9. The van der Waals surface area contributed by atoms with Gasteiger partial charge in [-0.1, -0.05) is 12.1 Å². The zero-order chi connectivity index (χ0) is 18.8. The first-order valence-electron chi connectivity index (χ1n) is 8.76. The van der Waals surface area contributed by atoms with Gasteiger partial charge in [0.1, 0.15) is 27.7 Å². The topological polar surface area (TPSA) is 92.8 Å². The maximum Gasteiger partial charge on any atom is 0.348 e. The number of esters is 1. The molecule has 7 nitrogen and oxygen atoms in total. The molecule has 3 heterocycles. The van der Waals surface area contributed by atoms with Crippen LogP contribution in [-0.4, -0.2) is 39.1 Å². The van der Waals surface area contributed by atoms with Gasteiger partial charge in [0.2, 0.25) is 0 Å². The van der Waals surface area contributed by atoms with Crippen LogP contribution in [0.5, 0.6) is 0 Å². The molecule has 0 spiro atoms. The van der Waals surface area contributed by atoms with E-state index in [1.807, 2.05) is 31.2 Å². The van der Waals surface area contributed by atoms with Crippen LogP contribution in [0.4, 0.5) is 5.82 Å². The number of para-hydroxylation sites is 2. The Morgan fingerprint density at radius 2 is 2.15 bits per heavy atom. The van der Waals surface area contributed by atoms with Crippen molar-refractivity contribution in [1.29, 1.82) is 0 Å². The zero-order valence-electron chi connectivity index (χ0n) is 15.1. The van der Waals surface area contributed by atoms with E-state index in [9.17, 15) is 4.79 Å². The lowest BCUT2D eigenvalue weighted by molar-refractivity contribution is 0.0531. The lowest BCUT2D eigenvalue weighted by atomic mass is 10.2. The number of imidazole rings is 1. The summed E-state index contributed by atoms with van der Waals surface area (Å²) >= 11 is 1.33. The average molecular weight is 381 g/mol. The predicted molar refractivity (Wildman–Crippen MR) is 106 cm³/mol. The number of aromatic amines is 1. The normalized spacial score (nSPS) is 11.2. The number of fused-ring (bicyclic) bond motifs is 2. The number of hydrogen-bond acceptors (Lipinski definition) is 7. The largest absolute Gasteiger partial charge is 0.462 e. The Morgan fingerprint density at radius 3 is 2.96 bits per heavy atom. The van der Waals surface area contributed by atoms with Crippen molar-refractivity contribution in [3.8, 4) is 0 Å². The molecule has 4 rings (SSSR count). The fourth-order valence-electron chi connectivity index (χ4n) is 3.02. The van der Waals surface area contributed by atoms with Crippen LogP contribution in [0.2, 0.25) is 0 Å². The molecule has 1 aromatic carbocycles. The number of benzene rings is 1. The number of carbonyl (C=O) groups excluding carboxylic acids is 1. The summed E-state index contributed by atoms with van der Waals surface area (Å²) in [5.41, 5.74) is 2.84. The number of aryl methyl sites for hydroxylation is 1. The molecular formula is C19H19N5O2S. The number of nitrogens with zero attached hydrogens (tertiary/aromatic N) is 3. The summed E-state index contributed by atoms with van der Waals surface area (Å²) in [5.74, 6) is 1.33. The number of aromatic nitrogens is 4. The third-order valence-electron chi connectivity index (χ3n) is 4.28. The second-order valence-electron chi connectivity index (χ2n) is 6.06. The molecule has 0 amide bonds. The molecule has 4 aromatic rings. The van der Waals surface area contributed by atoms with Crippen LogP contribution >= 0.6 is 11.3 Å². The van der Waals surface area contributed by atoms with Crippen molar-refractivity contribution < 1.29 is 9.53 Å². The van der Waals surface area contributed by atoms with E-state index in [1.165, 1.54) is 17.7 Å². The first-order chi connectivity index (χ1) is 13.2. The van der Waals surface area contributed by atoms with Gasteiger partial charge in [-0.05, 0) is 31.5 Å². The third-order valence-corrected chi connectivity index (χ3v) is 5.46. The lowest BCUT2D eigenvalue weighted by Crippen LogP contribution is -2.08. The minimum absolute atomic E-state index is 0.314. The van der Waals surface area contributed by atoms with Gasteiger partial charge in [-0.2, -0.15) is 0 Å². The molecule has 0 aliphatic rings. The number of H-pyrrole nitrogens is 1. The highest BCUT2D eigenvalue weighted by molar-refractivity contribution is 7.20. The lowest BCUT2D eigenvalue weighted by Gasteiger charge is -2.06. The van der Waals surface area contributed by atoms with Crippen LogP contribution in [0, 0.1) is 6.92 Å². The highest BCUT2D eigenvalue weighted by atomic mass is 32.1. The minimum atomic E-state index is -0.314. The minimum Gasteiger partial charge on any atom is -0.462 e. The number of thiophene rings is 1. The maximum atomic E-state index is 12.1. The first-order valence-corrected chi connectivity index (χ1v) is 9.57. The van der Waals surface area contributed by atoms with Gasteiger partial charge in [-0.15, -0.1) is 11.3 Å². The van der Waals surface area contributed by atoms with Gasteiger partial charge < -0.3 is 15.0 Å². The van der Waals surface area contributed by atoms with Crippen LogP contribution in [-0.2, 0) is 11.2 Å². The van der Waals surface area contributed by atoms with E-state index in [4.69, 9.17) is 4.74 Å². The Labute approximate surface area is 159 Å². The molecule has 27 heavy (non-hydrogen) atoms. The first kappa shape index (κ1) is 17.4. The summed E-state index contributed by atoms with van der Waals surface area (Å²) in [6, 6.07) is 7.96. The molecule has 0 bridgehead atoms. The van der Waals surface area contributed by atoms with Gasteiger partial charge in [0.25, 0.3) is 0 Å². The van der Waals surface area contributed by atoms with E-state index in [0.29, 0.717) is 18.0 Å². The van der Waals surface area contributed by atoms with Crippen LogP contribution in [0.1, 0.15) is 28.0 Å². The molecule has 0 radical (unpaired) electrons. The molecule has 0 aliphatic carbocycles. The SMILES string of the molecule is CCOC(=O)c1sc2ncnc(NCCc3nc4ccccc4[nH]3)c2c1C. The second kappa shape index (κ2) is 7.32. The fraction of sp³-hybridized carbons (Fsp3) is 0.263. The Bertz CT molecular complexity index is 1080. The Hall–Kier alpha value is -3.00. The van der Waals surface area contributed by atoms with Gasteiger partial charge in [-0.25, -0.2) is 19.7 Å². The van der Waals surface area contributed by atoms with Gasteiger partial charge >= 0.3 is 5.97 Å². The molecule has 0 saturated heterocycles. The molecule has 0 saturated carbocycles. The van der Waals surface area contributed by atoms with E-state index in [1.54, 1.807) is 6.92 Å². The number of hydrogen-bond donors (Lipinski definition) is 2. The van der Waals surface area contributed by atoms with Gasteiger partial charge in [0.15, 0.2) is 0 Å². The van der Waals surface area contributed by atoms with E-state index in [-0.39, 0.29) is 5.97 Å². The molecular weight excluding hydrogens is 362 g/mol. The smallest absolute Gasteiger partial charge is 0.348 e. The highest BCUT2D eigenvalue weighted by Crippen LogP contribution is 2.33. The van der Waals surface area contributed by atoms with E-state index in [0.717, 1.165) is 44.9 Å². The Balaban J connectivity index is 1.54. The van der Waals surface area contributed by atoms with Crippen molar-refractivity contribution in [1.82, 2.24) is 19.9 Å². The number of rotatable bonds is 6. The molecule has 0 aliphatic heterocycles. The van der Waals surface area contributed by atoms with Crippen molar-refractivity contribution in [2.45, 2.75) is 20.3 Å². The van der Waals surface area contributed by atoms with E-state index < -0.39 is 0 Å². The summed E-state index contributed by atoms with van der Waals surface area (Å²) in [5, 5.41) is 4.22. The molecule has 2 N–H and O–H groups in total. The van der Waals surface area contributed by atoms with Crippen LogP contribution in [0.3, 0.4) is 0 Å². The molecule has 3 aromatic heterocycles. The summed E-state index contributed by atoms with van der Waals surface area (Å²) < 4.78 is 5.14. The Morgan fingerprint density at radius 1 is 1.30 bits per heavy atom. The molecule has 0 fully saturated rings. The number of anilines is 1. The molecule has 8 heteroatoms. The standard InChI is InChI=1S/C19H19N5O2S/c1-3-26-19(25)16-11(2)15-17(21-10-22-18(15)27-16)20-9-8-14-23-12-6-4-5-7-13(12)24-14/h4-7,10H,3,8-9H2,1-2H3,(H,23,24)(H,20,21,22). The van der Waals surface area contributed by atoms with Crippen molar-refractivity contribution in [3.05, 3.63) is 46.9 Å². The van der Waals surface area contributed by atoms with Crippen LogP contribution < -0.4 is 5.32 Å². The van der Waals surface area contributed by atoms with E-state index in [2.05, 4.69) is 25.3 Å². The quantitative estimate of drug-likeness (QED) is 0.495. The van der Waals surface area contributed by atoms with Crippen molar-refractivity contribution in [2.75, 3.05) is 18.5 Å². The average Bonchev–Trinajstić information content (AvgIpc) is 3.23. The number of carbonyl (C=O) groups is 1. The van der Waals surface area contributed by atoms with Crippen molar-refractivity contribution in [3.63, 3.8) is 0 Å². The molecule has 0 atom stereocenters. The van der Waals surface area contributed by atoms with Gasteiger partial charge in [0.05, 0.1) is 23.0 Å². The second-order valence-corrected chi connectivity index (χ2v) is 7.06. The fourth-order valence-corrected chi connectivity index (χ4v) is 4.06. The van der Waals surface area contributed by atoms with Crippen molar-refractivity contribution in [2.24, 2.45) is 0 Å². The van der Waals surface area contributed by atoms with Crippen LogP contribution in [0.15, 0.2) is 30.6 Å². The monoisotopic (exact) mass is 381 g/mol. The molecule has 0 unspecified atom stereocenters. The Kier molecular flexibility index (Phi) is 4.72. The summed E-state index contributed by atoms with van der Waals surface area (Å²) in [6.07, 6.45) is 2.24. The van der Waals surface area contributed by atoms with Gasteiger partial charge in [0, 0.05) is 13.0 Å². The van der Waals surface area contributed by atoms with E-state index >= 15 is 0 Å². The summed E-state index contributed by atoms with van der Waals surface area (Å²) in [6.45, 7) is 4.71. The summed E-state index contributed by atoms with van der Waals surface area (Å²) in [7, 11) is 0. The predicted octanol–water partition coefficient (Wildman–Crippen LogP) is 3.71. The maximum absolute atomic E-state index is 12.1. The summed E-state index contributed by atoms with van der Waals surface area (Å²) in [4.78, 5) is 30.1. The molecule has 138 valence electrons. The van der Waals surface area contributed by atoms with Crippen molar-refractivity contribution >= 4 is 44.4 Å². The van der Waals surface area contributed by atoms with Crippen LogP contribution in [0.25, 0.3) is 21.3 Å². The number of nitrogens with one attached hydrogen (secondary N) is 2. The third kappa shape index (κ3) is 3.35. The van der Waals surface area contributed by atoms with Gasteiger partial charge in [-0.3, -0.25) is 0 Å². The highest BCUT2D eigenvalue weighted by Gasteiger charge is 2.20.